The summed E-state index contributed by atoms with van der Waals surface area (Å²) in [7, 11) is -3.63. The van der Waals surface area contributed by atoms with Gasteiger partial charge in [-0.2, -0.15) is 0 Å². The number of sulfone groups is 1. The van der Waals surface area contributed by atoms with E-state index in [2.05, 4.69) is 5.32 Å². The van der Waals surface area contributed by atoms with Crippen molar-refractivity contribution in [1.82, 2.24) is 5.32 Å². The van der Waals surface area contributed by atoms with Crippen LogP contribution in [0.25, 0.3) is 0 Å². The molecule has 0 aromatic heterocycles. The molecule has 18 heavy (non-hydrogen) atoms. The minimum absolute atomic E-state index is 0.107. The molecule has 1 unspecified atom stereocenters. The van der Waals surface area contributed by atoms with E-state index in [1.54, 1.807) is 0 Å². The molecule has 0 saturated carbocycles. The van der Waals surface area contributed by atoms with Crippen LogP contribution in [0.4, 0.5) is 8.78 Å². The molecule has 0 radical (unpaired) electrons. The molecule has 3 nitrogen and oxygen atoms in total. The number of fused-ring (bicyclic) bond motifs is 1. The van der Waals surface area contributed by atoms with Crippen LogP contribution in [-0.2, 0) is 9.84 Å². The van der Waals surface area contributed by atoms with Gasteiger partial charge < -0.3 is 5.32 Å². The Labute approximate surface area is 105 Å². The Bertz CT molecular complexity index is 557. The molecule has 1 aliphatic rings. The van der Waals surface area contributed by atoms with Crippen LogP contribution in [0.2, 0.25) is 0 Å². The lowest BCUT2D eigenvalue weighted by atomic mass is 10.0. The van der Waals surface area contributed by atoms with Gasteiger partial charge in [-0.05, 0) is 31.0 Å². The molecule has 100 valence electrons. The van der Waals surface area contributed by atoms with Crippen molar-refractivity contribution >= 4 is 9.84 Å². The summed E-state index contributed by atoms with van der Waals surface area (Å²) in [6.45, 7) is 2.65. The van der Waals surface area contributed by atoms with Crippen LogP contribution in [0.3, 0.4) is 0 Å². The summed E-state index contributed by atoms with van der Waals surface area (Å²) in [6.07, 6.45) is 1.22. The standard InChI is InChI=1S/C12H15F2NO2S/c1-2-4-15-11-3-5-18(16,17)12-9(11)6-8(13)7-10(12)14/h6-7,11,15H,2-5H2,1H3. The van der Waals surface area contributed by atoms with Crippen LogP contribution < -0.4 is 5.32 Å². The fraction of sp³-hybridized carbons (Fsp3) is 0.500. The molecule has 1 N–H and O–H groups in total. The lowest BCUT2D eigenvalue weighted by Crippen LogP contribution is -2.31. The SMILES string of the molecule is CCCNC1CCS(=O)(=O)c2c(F)cc(F)cc21. The van der Waals surface area contributed by atoms with Crippen LogP contribution in [0, 0.1) is 11.6 Å². The second-order valence-electron chi connectivity index (χ2n) is 4.42. The summed E-state index contributed by atoms with van der Waals surface area (Å²) in [5, 5.41) is 3.12. The van der Waals surface area contributed by atoms with Crippen LogP contribution in [0.5, 0.6) is 0 Å². The van der Waals surface area contributed by atoms with E-state index in [9.17, 15) is 17.2 Å². The molecule has 0 saturated heterocycles. The molecule has 1 aliphatic heterocycles. The maximum absolute atomic E-state index is 13.7. The van der Waals surface area contributed by atoms with Crippen LogP contribution in [-0.4, -0.2) is 20.7 Å². The third-order valence-corrected chi connectivity index (χ3v) is 4.87. The van der Waals surface area contributed by atoms with E-state index in [0.717, 1.165) is 12.5 Å². The zero-order valence-electron chi connectivity index (χ0n) is 10.0. The summed E-state index contributed by atoms with van der Waals surface area (Å²) in [4.78, 5) is -0.344. The van der Waals surface area contributed by atoms with E-state index < -0.39 is 21.5 Å². The van der Waals surface area contributed by atoms with Gasteiger partial charge in [0.15, 0.2) is 9.84 Å². The molecule has 0 spiro atoms. The molecule has 0 amide bonds. The molecule has 6 heteroatoms. The van der Waals surface area contributed by atoms with Crippen molar-refractivity contribution in [1.29, 1.82) is 0 Å². The highest BCUT2D eigenvalue weighted by Gasteiger charge is 2.33. The van der Waals surface area contributed by atoms with Gasteiger partial charge in [0, 0.05) is 12.1 Å². The van der Waals surface area contributed by atoms with Crippen LogP contribution >= 0.6 is 0 Å². The molecule has 1 heterocycles. The number of hydrogen-bond donors (Lipinski definition) is 1. The smallest absolute Gasteiger partial charge is 0.181 e. The summed E-state index contributed by atoms with van der Waals surface area (Å²) in [6, 6.07) is 1.44. The van der Waals surface area contributed by atoms with Crippen molar-refractivity contribution in [3.63, 3.8) is 0 Å². The highest BCUT2D eigenvalue weighted by Crippen LogP contribution is 2.34. The lowest BCUT2D eigenvalue weighted by molar-refractivity contribution is 0.468. The van der Waals surface area contributed by atoms with Gasteiger partial charge in [0.2, 0.25) is 0 Å². The van der Waals surface area contributed by atoms with E-state index in [1.165, 1.54) is 0 Å². The highest BCUT2D eigenvalue weighted by atomic mass is 32.2. The maximum atomic E-state index is 13.7. The molecule has 1 aromatic rings. The average Bonchev–Trinajstić information content (AvgIpc) is 2.26. The zero-order valence-corrected chi connectivity index (χ0v) is 10.9. The van der Waals surface area contributed by atoms with Gasteiger partial charge in [-0.15, -0.1) is 0 Å². The Hall–Kier alpha value is -1.01. The van der Waals surface area contributed by atoms with Crippen molar-refractivity contribution in [3.05, 3.63) is 29.3 Å². The molecule has 0 aliphatic carbocycles. The van der Waals surface area contributed by atoms with Gasteiger partial charge in [-0.3, -0.25) is 0 Å². The topological polar surface area (TPSA) is 46.2 Å². The monoisotopic (exact) mass is 275 g/mol. The summed E-state index contributed by atoms with van der Waals surface area (Å²) in [5.74, 6) is -1.84. The number of nitrogens with one attached hydrogen (secondary N) is 1. The Kier molecular flexibility index (Phi) is 3.68. The van der Waals surface area contributed by atoms with E-state index in [-0.39, 0.29) is 22.3 Å². The third kappa shape index (κ3) is 2.40. The van der Waals surface area contributed by atoms with Gasteiger partial charge >= 0.3 is 0 Å². The van der Waals surface area contributed by atoms with Gasteiger partial charge in [0.25, 0.3) is 0 Å². The highest BCUT2D eigenvalue weighted by molar-refractivity contribution is 7.91. The van der Waals surface area contributed by atoms with Gasteiger partial charge in [0.1, 0.15) is 16.5 Å². The van der Waals surface area contributed by atoms with Gasteiger partial charge in [0.05, 0.1) is 5.75 Å². The first kappa shape index (κ1) is 13.4. The van der Waals surface area contributed by atoms with E-state index in [4.69, 9.17) is 0 Å². The molecule has 1 aromatic carbocycles. The quantitative estimate of drug-likeness (QED) is 0.860. The van der Waals surface area contributed by atoms with E-state index >= 15 is 0 Å². The molecule has 0 bridgehead atoms. The van der Waals surface area contributed by atoms with Gasteiger partial charge in [-0.25, -0.2) is 17.2 Å². The van der Waals surface area contributed by atoms with Crippen molar-refractivity contribution in [2.24, 2.45) is 0 Å². The molecular weight excluding hydrogens is 260 g/mol. The van der Waals surface area contributed by atoms with Crippen molar-refractivity contribution in [3.8, 4) is 0 Å². The first-order chi connectivity index (χ1) is 8.45. The number of halogens is 2. The minimum atomic E-state index is -3.63. The Balaban J connectivity index is 2.52. The largest absolute Gasteiger partial charge is 0.310 e. The minimum Gasteiger partial charge on any atom is -0.310 e. The van der Waals surface area contributed by atoms with Gasteiger partial charge in [-0.1, -0.05) is 6.92 Å². The Morgan fingerprint density at radius 2 is 2.11 bits per heavy atom. The second kappa shape index (κ2) is 4.93. The maximum Gasteiger partial charge on any atom is 0.181 e. The second-order valence-corrected chi connectivity index (χ2v) is 6.47. The summed E-state index contributed by atoms with van der Waals surface area (Å²) in [5.41, 5.74) is 0.215. The Morgan fingerprint density at radius 1 is 1.39 bits per heavy atom. The summed E-state index contributed by atoms with van der Waals surface area (Å²) >= 11 is 0. The first-order valence-electron chi connectivity index (χ1n) is 5.91. The molecule has 1 atom stereocenters. The number of benzene rings is 1. The average molecular weight is 275 g/mol. The van der Waals surface area contributed by atoms with E-state index in [1.807, 2.05) is 6.92 Å². The van der Waals surface area contributed by atoms with Crippen LogP contribution in [0.15, 0.2) is 17.0 Å². The predicted molar refractivity (Wildman–Crippen MR) is 64.1 cm³/mol. The lowest BCUT2D eigenvalue weighted by Gasteiger charge is -2.26. The molecule has 0 fully saturated rings. The summed E-state index contributed by atoms with van der Waals surface area (Å²) < 4.78 is 50.6. The number of hydrogen-bond acceptors (Lipinski definition) is 3. The third-order valence-electron chi connectivity index (χ3n) is 3.04. The van der Waals surface area contributed by atoms with Crippen molar-refractivity contribution in [2.75, 3.05) is 12.3 Å². The Morgan fingerprint density at radius 3 is 2.78 bits per heavy atom. The van der Waals surface area contributed by atoms with Crippen molar-refractivity contribution in [2.45, 2.75) is 30.7 Å². The first-order valence-corrected chi connectivity index (χ1v) is 7.56. The molecular formula is C12H15F2NO2S. The van der Waals surface area contributed by atoms with E-state index in [0.29, 0.717) is 19.0 Å². The fourth-order valence-corrected chi connectivity index (χ4v) is 3.89. The zero-order chi connectivity index (χ0) is 13.3. The normalized spacial score (nSPS) is 21.6. The van der Waals surface area contributed by atoms with Crippen molar-refractivity contribution < 1.29 is 17.2 Å². The predicted octanol–water partition coefficient (Wildman–Crippen LogP) is 2.18. The number of rotatable bonds is 3. The van der Waals surface area contributed by atoms with Crippen LogP contribution in [0.1, 0.15) is 31.4 Å². The fourth-order valence-electron chi connectivity index (χ4n) is 2.23. The molecule has 2 rings (SSSR count).